The number of aromatic nitrogens is 1. The van der Waals surface area contributed by atoms with Crippen molar-refractivity contribution >= 4 is 11.9 Å². The van der Waals surface area contributed by atoms with Crippen molar-refractivity contribution in [1.29, 1.82) is 0 Å². The van der Waals surface area contributed by atoms with Gasteiger partial charge in [-0.1, -0.05) is 18.2 Å². The number of benzene rings is 1. The minimum absolute atomic E-state index is 0.0898. The van der Waals surface area contributed by atoms with Gasteiger partial charge in [-0.15, -0.1) is 0 Å². The monoisotopic (exact) mass is 298 g/mol. The summed E-state index contributed by atoms with van der Waals surface area (Å²) in [6.45, 7) is 0.540. The van der Waals surface area contributed by atoms with E-state index in [1.807, 2.05) is 24.3 Å². The number of carboxylic acids is 1. The largest absolute Gasteiger partial charge is 0.493 e. The molecule has 2 heterocycles. The maximum Gasteiger partial charge on any atom is 0.354 e. The van der Waals surface area contributed by atoms with E-state index in [9.17, 15) is 9.59 Å². The number of amides is 1. The fourth-order valence-corrected chi connectivity index (χ4v) is 2.39. The molecule has 0 spiro atoms. The molecule has 1 aromatic heterocycles. The molecule has 1 atom stereocenters. The number of nitrogens with zero attached hydrogens (tertiary/aromatic N) is 1. The van der Waals surface area contributed by atoms with Crippen LogP contribution in [0.5, 0.6) is 5.75 Å². The molecule has 1 aliphatic rings. The number of carboxylic acid groups (broad SMARTS) is 1. The summed E-state index contributed by atoms with van der Waals surface area (Å²) in [6.07, 6.45) is 1.95. The number of carbonyl (C=O) groups excluding carboxylic acids is 1. The van der Waals surface area contributed by atoms with Gasteiger partial charge >= 0.3 is 5.97 Å². The summed E-state index contributed by atoms with van der Waals surface area (Å²) in [4.78, 5) is 26.8. The van der Waals surface area contributed by atoms with Gasteiger partial charge in [-0.25, -0.2) is 9.78 Å². The molecule has 112 valence electrons. The van der Waals surface area contributed by atoms with Crippen LogP contribution in [0.4, 0.5) is 0 Å². The lowest BCUT2D eigenvalue weighted by molar-refractivity contribution is 0.0689. The Labute approximate surface area is 126 Å². The number of fused-ring (bicyclic) bond motifs is 1. The standard InChI is InChI=1S/C16H14N2O4/c19-15(10-5-6-13(16(20)21)17-9-10)18-12-7-8-22-14-4-2-1-3-11(12)14/h1-6,9,12H,7-8H2,(H,18,19)(H,20,21)/t12-/m1/s1. The molecular formula is C16H14N2O4. The van der Waals surface area contributed by atoms with E-state index in [-0.39, 0.29) is 17.6 Å². The molecule has 2 aromatic rings. The number of aromatic carboxylic acids is 1. The number of rotatable bonds is 3. The van der Waals surface area contributed by atoms with Crippen molar-refractivity contribution in [2.24, 2.45) is 0 Å². The highest BCUT2D eigenvalue weighted by Gasteiger charge is 2.23. The van der Waals surface area contributed by atoms with Crippen LogP contribution in [-0.2, 0) is 0 Å². The van der Waals surface area contributed by atoms with Crippen LogP contribution in [0.2, 0.25) is 0 Å². The van der Waals surface area contributed by atoms with Gasteiger partial charge in [-0.05, 0) is 18.2 Å². The zero-order valence-electron chi connectivity index (χ0n) is 11.7. The molecule has 6 heteroatoms. The van der Waals surface area contributed by atoms with Crippen molar-refractivity contribution in [1.82, 2.24) is 10.3 Å². The van der Waals surface area contributed by atoms with Crippen molar-refractivity contribution in [2.45, 2.75) is 12.5 Å². The minimum Gasteiger partial charge on any atom is -0.493 e. The Hall–Kier alpha value is -2.89. The van der Waals surface area contributed by atoms with Gasteiger partial charge in [0.15, 0.2) is 0 Å². The highest BCUT2D eigenvalue weighted by Crippen LogP contribution is 2.31. The Kier molecular flexibility index (Phi) is 3.74. The molecular weight excluding hydrogens is 284 g/mol. The summed E-state index contributed by atoms with van der Waals surface area (Å²) in [5.41, 5.74) is 1.18. The van der Waals surface area contributed by atoms with Crippen LogP contribution in [0.15, 0.2) is 42.6 Å². The summed E-state index contributed by atoms with van der Waals surface area (Å²) in [6, 6.07) is 10.2. The van der Waals surface area contributed by atoms with E-state index in [0.29, 0.717) is 18.6 Å². The van der Waals surface area contributed by atoms with Gasteiger partial charge in [0.1, 0.15) is 11.4 Å². The molecule has 2 N–H and O–H groups in total. The van der Waals surface area contributed by atoms with E-state index in [4.69, 9.17) is 9.84 Å². The van der Waals surface area contributed by atoms with Crippen LogP contribution < -0.4 is 10.1 Å². The van der Waals surface area contributed by atoms with Gasteiger partial charge in [0.25, 0.3) is 5.91 Å². The number of carbonyl (C=O) groups is 2. The summed E-state index contributed by atoms with van der Waals surface area (Å²) < 4.78 is 5.55. The van der Waals surface area contributed by atoms with Crippen LogP contribution in [-0.4, -0.2) is 28.6 Å². The molecule has 0 aliphatic carbocycles. The number of para-hydroxylation sites is 1. The first-order chi connectivity index (χ1) is 10.6. The van der Waals surface area contributed by atoms with Gasteiger partial charge in [0, 0.05) is 18.2 Å². The SMILES string of the molecule is O=C(N[C@@H]1CCOc2ccccc21)c1ccc(C(=O)O)nc1. The Morgan fingerprint density at radius 1 is 1.23 bits per heavy atom. The molecule has 0 unspecified atom stereocenters. The Bertz CT molecular complexity index is 712. The zero-order chi connectivity index (χ0) is 15.5. The average Bonchev–Trinajstić information content (AvgIpc) is 2.55. The first kappa shape index (κ1) is 14.1. The third kappa shape index (κ3) is 2.76. The number of hydrogen-bond acceptors (Lipinski definition) is 4. The molecule has 6 nitrogen and oxygen atoms in total. The van der Waals surface area contributed by atoms with Gasteiger partial charge in [-0.3, -0.25) is 4.79 Å². The van der Waals surface area contributed by atoms with E-state index >= 15 is 0 Å². The smallest absolute Gasteiger partial charge is 0.354 e. The lowest BCUT2D eigenvalue weighted by atomic mass is 10.0. The topological polar surface area (TPSA) is 88.5 Å². The quantitative estimate of drug-likeness (QED) is 0.905. The van der Waals surface area contributed by atoms with Crippen LogP contribution in [0.3, 0.4) is 0 Å². The number of hydrogen-bond donors (Lipinski definition) is 2. The second kappa shape index (κ2) is 5.85. The predicted molar refractivity (Wildman–Crippen MR) is 78.0 cm³/mol. The van der Waals surface area contributed by atoms with Gasteiger partial charge in [0.05, 0.1) is 18.2 Å². The second-order valence-electron chi connectivity index (χ2n) is 4.94. The summed E-state index contributed by atoms with van der Waals surface area (Å²) in [5.74, 6) is -0.630. The maximum absolute atomic E-state index is 12.3. The molecule has 22 heavy (non-hydrogen) atoms. The van der Waals surface area contributed by atoms with E-state index < -0.39 is 5.97 Å². The van der Waals surface area contributed by atoms with Crippen molar-refractivity contribution in [2.75, 3.05) is 6.61 Å². The lowest BCUT2D eigenvalue weighted by Crippen LogP contribution is -2.32. The average molecular weight is 298 g/mol. The van der Waals surface area contributed by atoms with Crippen LogP contribution >= 0.6 is 0 Å². The van der Waals surface area contributed by atoms with Crippen LogP contribution in [0, 0.1) is 0 Å². The number of nitrogens with one attached hydrogen (secondary N) is 1. The van der Waals surface area contributed by atoms with Gasteiger partial charge in [-0.2, -0.15) is 0 Å². The van der Waals surface area contributed by atoms with Crippen molar-refractivity contribution in [3.63, 3.8) is 0 Å². The fourth-order valence-electron chi connectivity index (χ4n) is 2.39. The molecule has 1 amide bonds. The van der Waals surface area contributed by atoms with Crippen molar-refractivity contribution in [3.8, 4) is 5.75 Å². The highest BCUT2D eigenvalue weighted by atomic mass is 16.5. The van der Waals surface area contributed by atoms with E-state index in [2.05, 4.69) is 10.3 Å². The first-order valence-corrected chi connectivity index (χ1v) is 6.87. The molecule has 0 fully saturated rings. The summed E-state index contributed by atoms with van der Waals surface area (Å²) in [5, 5.41) is 11.7. The predicted octanol–water partition coefficient (Wildman–Crippen LogP) is 2.03. The van der Waals surface area contributed by atoms with E-state index in [1.54, 1.807) is 0 Å². The first-order valence-electron chi connectivity index (χ1n) is 6.87. The Balaban J connectivity index is 1.76. The molecule has 1 aliphatic heterocycles. The molecule has 0 radical (unpaired) electrons. The van der Waals surface area contributed by atoms with Crippen molar-refractivity contribution < 1.29 is 19.4 Å². The number of pyridine rings is 1. The maximum atomic E-state index is 12.3. The molecule has 0 saturated carbocycles. The van der Waals surface area contributed by atoms with Gasteiger partial charge < -0.3 is 15.2 Å². The number of ether oxygens (including phenoxy) is 1. The van der Waals surface area contributed by atoms with E-state index in [1.165, 1.54) is 18.3 Å². The summed E-state index contributed by atoms with van der Waals surface area (Å²) in [7, 11) is 0. The Morgan fingerprint density at radius 3 is 2.77 bits per heavy atom. The molecule has 0 saturated heterocycles. The minimum atomic E-state index is -1.12. The third-order valence-electron chi connectivity index (χ3n) is 3.51. The van der Waals surface area contributed by atoms with E-state index in [0.717, 1.165) is 11.3 Å². The molecule has 0 bridgehead atoms. The lowest BCUT2D eigenvalue weighted by Gasteiger charge is -2.26. The summed E-state index contributed by atoms with van der Waals surface area (Å²) >= 11 is 0. The highest BCUT2D eigenvalue weighted by molar-refractivity contribution is 5.95. The molecule has 3 rings (SSSR count). The normalized spacial score (nSPS) is 16.3. The molecule has 1 aromatic carbocycles. The fraction of sp³-hybridized carbons (Fsp3) is 0.188. The van der Waals surface area contributed by atoms with Crippen molar-refractivity contribution in [3.05, 3.63) is 59.4 Å². The Morgan fingerprint density at radius 2 is 2.05 bits per heavy atom. The van der Waals surface area contributed by atoms with Crippen LogP contribution in [0.25, 0.3) is 0 Å². The van der Waals surface area contributed by atoms with Gasteiger partial charge in [0.2, 0.25) is 0 Å². The zero-order valence-corrected chi connectivity index (χ0v) is 11.7. The van der Waals surface area contributed by atoms with Crippen LogP contribution in [0.1, 0.15) is 38.9 Å². The third-order valence-corrected chi connectivity index (χ3v) is 3.51. The second-order valence-corrected chi connectivity index (χ2v) is 4.94.